The number of aromatic nitrogens is 1. The van der Waals surface area contributed by atoms with Crippen LogP contribution < -0.4 is 19.6 Å². The van der Waals surface area contributed by atoms with Crippen LogP contribution in [0.4, 0.5) is 0 Å². The predicted octanol–water partition coefficient (Wildman–Crippen LogP) is 4.59. The number of fused-ring (bicyclic) bond motifs is 1. The molecule has 36 heavy (non-hydrogen) atoms. The Labute approximate surface area is 212 Å². The van der Waals surface area contributed by atoms with Crippen LogP contribution in [-0.4, -0.2) is 17.6 Å². The van der Waals surface area contributed by atoms with E-state index in [1.807, 2.05) is 97.9 Å². The van der Waals surface area contributed by atoms with Gasteiger partial charge in [-0.25, -0.2) is 9.79 Å². The van der Waals surface area contributed by atoms with Crippen LogP contribution in [-0.2, 0) is 9.53 Å². The minimum atomic E-state index is -0.611. The first-order valence-corrected chi connectivity index (χ1v) is 12.4. The fourth-order valence-corrected chi connectivity index (χ4v) is 5.28. The van der Waals surface area contributed by atoms with Gasteiger partial charge in [0.05, 0.1) is 29.0 Å². The third-order valence-electron chi connectivity index (χ3n) is 5.90. The van der Waals surface area contributed by atoms with E-state index >= 15 is 0 Å². The summed E-state index contributed by atoms with van der Waals surface area (Å²) in [6.07, 6.45) is 2.37. The van der Waals surface area contributed by atoms with Crippen LogP contribution in [0.2, 0.25) is 0 Å². The van der Waals surface area contributed by atoms with Crippen molar-refractivity contribution in [3.63, 3.8) is 0 Å². The van der Waals surface area contributed by atoms with Crippen molar-refractivity contribution in [3.8, 4) is 11.5 Å². The number of hydrogen-bond acceptors (Lipinski definition) is 6. The molecule has 0 aliphatic carbocycles. The van der Waals surface area contributed by atoms with Gasteiger partial charge in [0, 0.05) is 0 Å². The lowest BCUT2D eigenvalue weighted by molar-refractivity contribution is -0.136. The summed E-state index contributed by atoms with van der Waals surface area (Å²) in [6, 6.07) is 26.0. The molecule has 4 aromatic rings. The molecule has 1 aliphatic heterocycles. The Balaban J connectivity index is 1.63. The number of para-hydroxylation sites is 1. The zero-order chi connectivity index (χ0) is 25.1. The molecule has 180 valence electrons. The third-order valence-corrected chi connectivity index (χ3v) is 6.88. The molecule has 6 nitrogen and oxygen atoms in total. The zero-order valence-corrected chi connectivity index (χ0v) is 20.7. The van der Waals surface area contributed by atoms with Crippen molar-refractivity contribution in [3.05, 3.63) is 127 Å². The lowest BCUT2D eigenvalue weighted by Gasteiger charge is -2.25. The maximum Gasteiger partial charge on any atom is 0.338 e. The first-order chi connectivity index (χ1) is 17.6. The van der Waals surface area contributed by atoms with Crippen molar-refractivity contribution < 1.29 is 14.3 Å². The molecule has 0 bridgehead atoms. The smallest absolute Gasteiger partial charge is 0.338 e. The highest BCUT2D eigenvalue weighted by Crippen LogP contribution is 2.31. The van der Waals surface area contributed by atoms with Crippen molar-refractivity contribution in [1.29, 1.82) is 0 Å². The number of methoxy groups -OCH3 is 1. The summed E-state index contributed by atoms with van der Waals surface area (Å²) < 4.78 is 13.2. The van der Waals surface area contributed by atoms with Gasteiger partial charge in [0.25, 0.3) is 5.56 Å². The summed E-state index contributed by atoms with van der Waals surface area (Å²) in [5.41, 5.74) is 2.46. The van der Waals surface area contributed by atoms with E-state index in [0.717, 1.165) is 16.9 Å². The largest absolute Gasteiger partial charge is 0.466 e. The molecule has 1 atom stereocenters. The molecule has 0 fully saturated rings. The van der Waals surface area contributed by atoms with Gasteiger partial charge in [0.2, 0.25) is 0 Å². The number of hydrogen-bond donors (Lipinski definition) is 0. The number of allylic oxidation sites excluding steroid dienone is 1. The minimum absolute atomic E-state index is 0.210. The molecular weight excluding hydrogens is 472 g/mol. The maximum atomic E-state index is 13.7. The lowest BCUT2D eigenvalue weighted by atomic mass is 9.95. The molecule has 7 heteroatoms. The van der Waals surface area contributed by atoms with Crippen molar-refractivity contribution in [1.82, 2.24) is 4.57 Å². The summed E-state index contributed by atoms with van der Waals surface area (Å²) in [5.74, 6) is 0.926. The van der Waals surface area contributed by atoms with Crippen LogP contribution in [0.25, 0.3) is 6.08 Å². The van der Waals surface area contributed by atoms with Crippen LogP contribution in [0.3, 0.4) is 0 Å². The first kappa shape index (κ1) is 23.5. The molecule has 0 saturated heterocycles. The van der Waals surface area contributed by atoms with Gasteiger partial charge >= 0.3 is 5.97 Å². The summed E-state index contributed by atoms with van der Waals surface area (Å²) in [5, 5.41) is 0. The molecule has 1 aromatic heterocycles. The number of thiazole rings is 1. The van der Waals surface area contributed by atoms with Gasteiger partial charge in [0.15, 0.2) is 4.80 Å². The normalized spacial score (nSPS) is 15.3. The van der Waals surface area contributed by atoms with Gasteiger partial charge in [-0.1, -0.05) is 78.9 Å². The maximum absolute atomic E-state index is 13.7. The predicted molar refractivity (Wildman–Crippen MR) is 140 cm³/mol. The summed E-state index contributed by atoms with van der Waals surface area (Å²) in [7, 11) is 1.35. The highest BCUT2D eigenvalue weighted by atomic mass is 32.1. The topological polar surface area (TPSA) is 69.9 Å². The van der Waals surface area contributed by atoms with E-state index in [4.69, 9.17) is 14.5 Å². The number of carbonyl (C=O) groups excluding carboxylic acids is 1. The van der Waals surface area contributed by atoms with Crippen LogP contribution in [0.15, 0.2) is 106 Å². The number of esters is 1. The molecule has 0 radical (unpaired) electrons. The number of benzene rings is 3. The second kappa shape index (κ2) is 10.2. The Morgan fingerprint density at radius 3 is 2.39 bits per heavy atom. The summed E-state index contributed by atoms with van der Waals surface area (Å²) in [6.45, 7) is 1.94. The molecule has 0 amide bonds. The average Bonchev–Trinajstić information content (AvgIpc) is 3.22. The highest BCUT2D eigenvalue weighted by molar-refractivity contribution is 7.07. The number of ether oxygens (including phenoxy) is 2. The Bertz CT molecular complexity index is 1620. The zero-order valence-electron chi connectivity index (χ0n) is 19.9. The molecule has 3 aromatic carbocycles. The number of nitrogens with zero attached hydrogens (tertiary/aromatic N) is 2. The van der Waals surface area contributed by atoms with Crippen molar-refractivity contribution in [2.45, 2.75) is 19.4 Å². The molecule has 2 heterocycles. The Morgan fingerprint density at radius 1 is 1.00 bits per heavy atom. The van der Waals surface area contributed by atoms with Crippen molar-refractivity contribution in [2.24, 2.45) is 4.99 Å². The monoisotopic (exact) mass is 496 g/mol. The van der Waals surface area contributed by atoms with Crippen LogP contribution in [0.5, 0.6) is 11.5 Å². The Hall–Kier alpha value is -4.23. The standard InChI is InChI=1S/C29H24N2O4S/c1-3-23-25(28(33)34-2)26(20-12-6-4-7-13-20)31-27(32)24(36-29(31)30-23)18-19-11-10-16-22(17-19)35-21-14-8-5-9-15-21/h4-18,26H,3H2,1-2H3/b24-18-/t26-/m0/s1. The molecule has 0 spiro atoms. The van der Waals surface area contributed by atoms with Crippen LogP contribution in [0, 0.1) is 0 Å². The Kier molecular flexibility index (Phi) is 6.64. The van der Waals surface area contributed by atoms with E-state index in [1.54, 1.807) is 4.57 Å². The quantitative estimate of drug-likeness (QED) is 0.366. The van der Waals surface area contributed by atoms with E-state index in [2.05, 4.69) is 0 Å². The Morgan fingerprint density at radius 2 is 1.69 bits per heavy atom. The summed E-state index contributed by atoms with van der Waals surface area (Å²) >= 11 is 1.31. The SMILES string of the molecule is CCC1=C(C(=O)OC)[C@H](c2ccccc2)n2c(s/c(=C\c3cccc(Oc4ccccc4)c3)c2=O)=N1. The van der Waals surface area contributed by atoms with Gasteiger partial charge in [-0.2, -0.15) is 0 Å². The number of rotatable bonds is 6. The van der Waals surface area contributed by atoms with Crippen molar-refractivity contribution >= 4 is 23.4 Å². The van der Waals surface area contributed by atoms with E-state index in [-0.39, 0.29) is 5.56 Å². The minimum Gasteiger partial charge on any atom is -0.466 e. The van der Waals surface area contributed by atoms with Gasteiger partial charge < -0.3 is 9.47 Å². The van der Waals surface area contributed by atoms with E-state index < -0.39 is 12.0 Å². The molecule has 0 N–H and O–H groups in total. The van der Waals surface area contributed by atoms with Gasteiger partial charge in [-0.05, 0) is 47.9 Å². The van der Waals surface area contributed by atoms with E-state index in [1.165, 1.54) is 18.4 Å². The van der Waals surface area contributed by atoms with E-state index in [9.17, 15) is 9.59 Å². The van der Waals surface area contributed by atoms with E-state index in [0.29, 0.717) is 32.8 Å². The van der Waals surface area contributed by atoms with Crippen LogP contribution in [0.1, 0.15) is 30.5 Å². The van der Waals surface area contributed by atoms with Gasteiger partial charge in [0.1, 0.15) is 11.5 Å². The molecule has 0 saturated carbocycles. The third kappa shape index (κ3) is 4.53. The lowest BCUT2D eigenvalue weighted by Crippen LogP contribution is -2.40. The van der Waals surface area contributed by atoms with Crippen molar-refractivity contribution in [2.75, 3.05) is 7.11 Å². The average molecular weight is 497 g/mol. The van der Waals surface area contributed by atoms with Crippen LogP contribution >= 0.6 is 11.3 Å². The summed E-state index contributed by atoms with van der Waals surface area (Å²) in [4.78, 5) is 31.8. The molecule has 0 unspecified atom stereocenters. The molecule has 1 aliphatic rings. The fraction of sp³-hybridized carbons (Fsp3) is 0.138. The second-order valence-electron chi connectivity index (χ2n) is 8.19. The second-order valence-corrected chi connectivity index (χ2v) is 9.20. The molecule has 5 rings (SSSR count). The fourth-order valence-electron chi connectivity index (χ4n) is 4.26. The number of carbonyl (C=O) groups is 1. The highest BCUT2D eigenvalue weighted by Gasteiger charge is 2.33. The first-order valence-electron chi connectivity index (χ1n) is 11.6. The van der Waals surface area contributed by atoms with Gasteiger partial charge in [-0.3, -0.25) is 9.36 Å². The molecular formula is C29H24N2O4S. The van der Waals surface area contributed by atoms with Gasteiger partial charge in [-0.15, -0.1) is 0 Å².